The van der Waals surface area contributed by atoms with Crippen molar-refractivity contribution in [1.29, 1.82) is 0 Å². The lowest BCUT2D eigenvalue weighted by Crippen LogP contribution is -2.56. The first-order valence-electron chi connectivity index (χ1n) is 9.57. The highest BCUT2D eigenvalue weighted by Crippen LogP contribution is 2.39. The predicted molar refractivity (Wildman–Crippen MR) is 101 cm³/mol. The van der Waals surface area contributed by atoms with E-state index >= 15 is 0 Å². The summed E-state index contributed by atoms with van der Waals surface area (Å²) in [7, 11) is 4.06. The van der Waals surface area contributed by atoms with Gasteiger partial charge in [-0.15, -0.1) is 0 Å². The Morgan fingerprint density at radius 2 is 2.00 bits per heavy atom. The molecule has 2 amide bonds. The maximum atomic E-state index is 12.8. The van der Waals surface area contributed by atoms with Gasteiger partial charge in [-0.05, 0) is 51.1 Å². The van der Waals surface area contributed by atoms with Gasteiger partial charge in [0.05, 0.1) is 6.42 Å². The zero-order valence-corrected chi connectivity index (χ0v) is 16.0. The van der Waals surface area contributed by atoms with Gasteiger partial charge >= 0.3 is 0 Å². The van der Waals surface area contributed by atoms with E-state index in [1.54, 1.807) is 12.4 Å². The average Bonchev–Trinajstić information content (AvgIpc) is 2.63. The second kappa shape index (κ2) is 8.16. The van der Waals surface area contributed by atoms with E-state index in [9.17, 15) is 9.59 Å². The van der Waals surface area contributed by atoms with Crippen LogP contribution in [0.4, 0.5) is 0 Å². The summed E-state index contributed by atoms with van der Waals surface area (Å²) in [6, 6.07) is 3.81. The number of nitrogens with zero attached hydrogens (tertiary/aromatic N) is 4. The Morgan fingerprint density at radius 3 is 2.73 bits per heavy atom. The normalized spacial score (nSPS) is 23.7. The second-order valence-electron chi connectivity index (χ2n) is 8.07. The molecule has 1 aromatic heterocycles. The van der Waals surface area contributed by atoms with Gasteiger partial charge in [0.15, 0.2) is 0 Å². The molecule has 0 radical (unpaired) electrons. The molecule has 0 bridgehead atoms. The first-order valence-corrected chi connectivity index (χ1v) is 9.57. The van der Waals surface area contributed by atoms with E-state index < -0.39 is 0 Å². The Hall–Kier alpha value is -1.95. The van der Waals surface area contributed by atoms with Gasteiger partial charge < -0.3 is 14.7 Å². The number of hydrogen-bond acceptors (Lipinski definition) is 4. The number of likely N-dealkylation sites (N-methyl/N-ethyl adjacent to an activating group) is 1. The van der Waals surface area contributed by atoms with Gasteiger partial charge in [-0.1, -0.05) is 0 Å². The van der Waals surface area contributed by atoms with Crippen molar-refractivity contribution >= 4 is 11.8 Å². The van der Waals surface area contributed by atoms with Crippen LogP contribution in [0.5, 0.6) is 0 Å². The van der Waals surface area contributed by atoms with E-state index in [0.717, 1.165) is 57.5 Å². The number of amides is 2. The first-order chi connectivity index (χ1) is 12.5. The topological polar surface area (TPSA) is 56.8 Å². The summed E-state index contributed by atoms with van der Waals surface area (Å²) in [5, 5.41) is 0. The van der Waals surface area contributed by atoms with Crippen LogP contribution in [0.15, 0.2) is 24.5 Å². The maximum absolute atomic E-state index is 12.8. The molecule has 0 saturated carbocycles. The minimum absolute atomic E-state index is 0.0758. The molecule has 6 nitrogen and oxygen atoms in total. The number of rotatable bonds is 5. The monoisotopic (exact) mass is 358 g/mol. The van der Waals surface area contributed by atoms with Crippen molar-refractivity contribution in [2.45, 2.75) is 32.1 Å². The summed E-state index contributed by atoms with van der Waals surface area (Å²) in [5.41, 5.74) is 1.09. The van der Waals surface area contributed by atoms with Crippen LogP contribution in [0, 0.1) is 5.41 Å². The minimum Gasteiger partial charge on any atom is -0.342 e. The van der Waals surface area contributed by atoms with Crippen LogP contribution in [-0.2, 0) is 16.0 Å². The fourth-order valence-corrected chi connectivity index (χ4v) is 4.17. The highest BCUT2D eigenvalue weighted by atomic mass is 16.2. The smallest absolute Gasteiger partial charge is 0.227 e. The molecule has 2 aliphatic heterocycles. The van der Waals surface area contributed by atoms with Gasteiger partial charge in [0.2, 0.25) is 11.8 Å². The third-order valence-corrected chi connectivity index (χ3v) is 5.68. The van der Waals surface area contributed by atoms with E-state index in [1.165, 1.54) is 0 Å². The Morgan fingerprint density at radius 1 is 1.23 bits per heavy atom. The summed E-state index contributed by atoms with van der Waals surface area (Å²) >= 11 is 0. The molecular weight excluding hydrogens is 328 g/mol. The van der Waals surface area contributed by atoms with E-state index in [2.05, 4.69) is 9.88 Å². The highest BCUT2D eigenvalue weighted by molar-refractivity contribution is 5.79. The van der Waals surface area contributed by atoms with Gasteiger partial charge in [-0.3, -0.25) is 14.6 Å². The summed E-state index contributed by atoms with van der Waals surface area (Å²) in [4.78, 5) is 35.2. The summed E-state index contributed by atoms with van der Waals surface area (Å²) in [6.45, 7) is 4.06. The number of aromatic nitrogens is 1. The minimum atomic E-state index is 0.0758. The van der Waals surface area contributed by atoms with Crippen molar-refractivity contribution in [1.82, 2.24) is 19.7 Å². The quantitative estimate of drug-likeness (QED) is 0.799. The molecule has 2 aliphatic rings. The van der Waals surface area contributed by atoms with Gasteiger partial charge in [-0.2, -0.15) is 0 Å². The predicted octanol–water partition coefficient (Wildman–Crippen LogP) is 1.42. The Balaban J connectivity index is 1.63. The Labute approximate surface area is 156 Å². The largest absolute Gasteiger partial charge is 0.342 e. The van der Waals surface area contributed by atoms with Gasteiger partial charge in [0.1, 0.15) is 0 Å². The first kappa shape index (κ1) is 18.8. The van der Waals surface area contributed by atoms with Crippen molar-refractivity contribution in [2.24, 2.45) is 5.41 Å². The molecule has 142 valence electrons. The SMILES string of the molecule is CN(C)CCN1C[C@@]2(CCCN(C(=O)Cc3ccncc3)C2)CCC1=O. The van der Waals surface area contributed by atoms with Gasteiger partial charge in [0, 0.05) is 57.0 Å². The van der Waals surface area contributed by atoms with Crippen molar-refractivity contribution < 1.29 is 9.59 Å². The van der Waals surface area contributed by atoms with E-state index in [-0.39, 0.29) is 17.2 Å². The molecule has 1 atom stereocenters. The molecule has 2 fully saturated rings. The molecule has 1 spiro atoms. The molecule has 6 heteroatoms. The van der Waals surface area contributed by atoms with Gasteiger partial charge in [-0.25, -0.2) is 0 Å². The lowest BCUT2D eigenvalue weighted by atomic mass is 9.73. The highest BCUT2D eigenvalue weighted by Gasteiger charge is 2.42. The van der Waals surface area contributed by atoms with Crippen molar-refractivity contribution in [3.63, 3.8) is 0 Å². The van der Waals surface area contributed by atoms with Crippen molar-refractivity contribution in [3.8, 4) is 0 Å². The number of hydrogen-bond donors (Lipinski definition) is 0. The Bertz CT molecular complexity index is 634. The number of carbonyl (C=O) groups is 2. The third kappa shape index (κ3) is 4.61. The summed E-state index contributed by atoms with van der Waals surface area (Å²) in [5.74, 6) is 0.449. The standard InChI is InChI=1S/C20H30N4O2/c1-22(2)12-13-24-16-20(8-4-18(24)25)7-3-11-23(15-20)19(26)14-17-5-9-21-10-6-17/h5-6,9-10H,3-4,7-8,11-16H2,1-2H3/t20-/m0/s1. The molecule has 0 aliphatic carbocycles. The number of likely N-dealkylation sites (tertiary alicyclic amines) is 2. The van der Waals surface area contributed by atoms with Crippen LogP contribution in [0.25, 0.3) is 0 Å². The maximum Gasteiger partial charge on any atom is 0.227 e. The molecule has 2 saturated heterocycles. The van der Waals surface area contributed by atoms with Crippen LogP contribution < -0.4 is 0 Å². The number of piperidine rings is 2. The van der Waals surface area contributed by atoms with Crippen LogP contribution in [0.2, 0.25) is 0 Å². The molecule has 3 heterocycles. The van der Waals surface area contributed by atoms with Crippen LogP contribution in [-0.4, -0.2) is 78.3 Å². The van der Waals surface area contributed by atoms with Crippen LogP contribution in [0.1, 0.15) is 31.2 Å². The molecule has 1 aromatic rings. The third-order valence-electron chi connectivity index (χ3n) is 5.68. The molecule has 0 unspecified atom stereocenters. The number of pyridine rings is 1. The molecule has 0 aromatic carbocycles. The fraction of sp³-hybridized carbons (Fsp3) is 0.650. The molecular formula is C20H30N4O2. The molecule has 0 N–H and O–H groups in total. The summed E-state index contributed by atoms with van der Waals surface area (Å²) < 4.78 is 0. The van der Waals surface area contributed by atoms with E-state index in [0.29, 0.717) is 12.8 Å². The van der Waals surface area contributed by atoms with Crippen LogP contribution >= 0.6 is 0 Å². The zero-order valence-electron chi connectivity index (χ0n) is 16.0. The Kier molecular flexibility index (Phi) is 5.91. The average molecular weight is 358 g/mol. The van der Waals surface area contributed by atoms with Crippen molar-refractivity contribution in [3.05, 3.63) is 30.1 Å². The summed E-state index contributed by atoms with van der Waals surface area (Å²) in [6.07, 6.45) is 7.55. The lowest BCUT2D eigenvalue weighted by Gasteiger charge is -2.48. The zero-order chi connectivity index (χ0) is 18.6. The molecule has 26 heavy (non-hydrogen) atoms. The fourth-order valence-electron chi connectivity index (χ4n) is 4.17. The van der Waals surface area contributed by atoms with Crippen LogP contribution in [0.3, 0.4) is 0 Å². The number of carbonyl (C=O) groups excluding carboxylic acids is 2. The van der Waals surface area contributed by atoms with Gasteiger partial charge in [0.25, 0.3) is 0 Å². The molecule has 3 rings (SSSR count). The lowest BCUT2D eigenvalue weighted by molar-refractivity contribution is -0.142. The van der Waals surface area contributed by atoms with E-state index in [1.807, 2.05) is 36.0 Å². The van der Waals surface area contributed by atoms with E-state index in [4.69, 9.17) is 0 Å². The van der Waals surface area contributed by atoms with Crippen molar-refractivity contribution in [2.75, 3.05) is 46.8 Å². The second-order valence-corrected chi connectivity index (χ2v) is 8.07.